The molecule has 2 aromatic carbocycles. The summed E-state index contributed by atoms with van der Waals surface area (Å²) < 4.78 is 6.01. The van der Waals surface area contributed by atoms with Gasteiger partial charge in [0.1, 0.15) is 4.99 Å². The number of hydrogen-bond acceptors (Lipinski definition) is 3. The zero-order valence-corrected chi connectivity index (χ0v) is 13.4. The average Bonchev–Trinajstić information content (AvgIpc) is 2.39. The van der Waals surface area contributed by atoms with Gasteiger partial charge in [0.2, 0.25) is 0 Å². The molecule has 0 fully saturated rings. The third-order valence-corrected chi connectivity index (χ3v) is 3.64. The Morgan fingerprint density at radius 2 is 2.00 bits per heavy atom. The Labute approximate surface area is 132 Å². The van der Waals surface area contributed by atoms with Crippen LogP contribution in [0.5, 0.6) is 0 Å². The molecule has 0 spiro atoms. The molecule has 0 bridgehead atoms. The SMILES string of the molecule is COCc1cccc(Nc2ccc(C(N)=S)c(Br)c2)c1. The van der Waals surface area contributed by atoms with Crippen LogP contribution in [0.3, 0.4) is 0 Å². The topological polar surface area (TPSA) is 47.3 Å². The summed E-state index contributed by atoms with van der Waals surface area (Å²) in [5.74, 6) is 0. The third kappa shape index (κ3) is 3.79. The third-order valence-electron chi connectivity index (χ3n) is 2.76. The van der Waals surface area contributed by atoms with Gasteiger partial charge in [0.15, 0.2) is 0 Å². The van der Waals surface area contributed by atoms with E-state index < -0.39 is 0 Å². The molecule has 0 saturated carbocycles. The van der Waals surface area contributed by atoms with E-state index in [1.54, 1.807) is 7.11 Å². The Morgan fingerprint density at radius 3 is 2.65 bits per heavy atom. The van der Waals surface area contributed by atoms with Crippen molar-refractivity contribution in [3.05, 3.63) is 58.1 Å². The zero-order valence-electron chi connectivity index (χ0n) is 11.0. The van der Waals surface area contributed by atoms with Crippen LogP contribution < -0.4 is 11.1 Å². The Hall–Kier alpha value is -1.43. The number of anilines is 2. The molecular formula is C15H15BrN2OS. The van der Waals surface area contributed by atoms with E-state index in [0.29, 0.717) is 11.6 Å². The molecule has 3 N–H and O–H groups in total. The van der Waals surface area contributed by atoms with Gasteiger partial charge in [-0.2, -0.15) is 0 Å². The first-order valence-corrected chi connectivity index (χ1v) is 7.24. The highest BCUT2D eigenvalue weighted by Gasteiger charge is 2.04. The van der Waals surface area contributed by atoms with Gasteiger partial charge in [0.05, 0.1) is 6.61 Å². The Morgan fingerprint density at radius 1 is 1.25 bits per heavy atom. The second kappa shape index (κ2) is 6.83. The van der Waals surface area contributed by atoms with Gasteiger partial charge in [0, 0.05) is 28.5 Å². The normalized spacial score (nSPS) is 10.3. The Kier molecular flexibility index (Phi) is 5.11. The van der Waals surface area contributed by atoms with Crippen molar-refractivity contribution in [2.75, 3.05) is 12.4 Å². The minimum atomic E-state index is 0.380. The van der Waals surface area contributed by atoms with Gasteiger partial charge in [-0.1, -0.05) is 24.4 Å². The number of nitrogens with two attached hydrogens (primary N) is 1. The lowest BCUT2D eigenvalue weighted by Gasteiger charge is -2.10. The van der Waals surface area contributed by atoms with Gasteiger partial charge in [-0.25, -0.2) is 0 Å². The molecule has 0 atom stereocenters. The Balaban J connectivity index is 2.19. The van der Waals surface area contributed by atoms with Crippen molar-refractivity contribution < 1.29 is 4.74 Å². The minimum absolute atomic E-state index is 0.380. The maximum atomic E-state index is 5.64. The van der Waals surface area contributed by atoms with E-state index >= 15 is 0 Å². The van der Waals surface area contributed by atoms with Crippen molar-refractivity contribution >= 4 is 44.5 Å². The highest BCUT2D eigenvalue weighted by molar-refractivity contribution is 9.10. The van der Waals surface area contributed by atoms with E-state index in [-0.39, 0.29) is 0 Å². The van der Waals surface area contributed by atoms with Crippen molar-refractivity contribution in [2.24, 2.45) is 5.73 Å². The van der Waals surface area contributed by atoms with Crippen molar-refractivity contribution in [1.29, 1.82) is 0 Å². The van der Waals surface area contributed by atoms with Gasteiger partial charge in [0.25, 0.3) is 0 Å². The summed E-state index contributed by atoms with van der Waals surface area (Å²) in [5, 5.41) is 3.34. The molecule has 0 radical (unpaired) electrons. The number of halogens is 1. The van der Waals surface area contributed by atoms with Crippen LogP contribution in [0, 0.1) is 0 Å². The summed E-state index contributed by atoms with van der Waals surface area (Å²) in [6.45, 7) is 0.597. The number of rotatable bonds is 5. The molecule has 0 saturated heterocycles. The summed E-state index contributed by atoms with van der Waals surface area (Å²) in [5.41, 5.74) is 9.56. The Bertz CT molecular complexity index is 631. The standard InChI is InChI=1S/C15H15BrN2OS/c1-19-9-10-3-2-4-11(7-10)18-12-5-6-13(15(17)20)14(16)8-12/h2-8,18H,9H2,1H3,(H2,17,20). The number of hydrogen-bond donors (Lipinski definition) is 2. The fourth-order valence-corrected chi connectivity index (χ4v) is 2.77. The smallest absolute Gasteiger partial charge is 0.105 e. The number of benzene rings is 2. The number of ether oxygens (including phenoxy) is 1. The first kappa shape index (κ1) is 15.0. The molecule has 104 valence electrons. The van der Waals surface area contributed by atoms with Crippen molar-refractivity contribution in [3.63, 3.8) is 0 Å². The predicted molar refractivity (Wildman–Crippen MR) is 90.5 cm³/mol. The molecule has 0 aliphatic rings. The molecule has 0 amide bonds. The predicted octanol–water partition coefficient (Wildman–Crippen LogP) is 3.97. The summed E-state index contributed by atoms with van der Waals surface area (Å²) in [6.07, 6.45) is 0. The minimum Gasteiger partial charge on any atom is -0.389 e. The highest BCUT2D eigenvalue weighted by Crippen LogP contribution is 2.24. The molecule has 2 aromatic rings. The van der Waals surface area contributed by atoms with Crippen LogP contribution in [0.25, 0.3) is 0 Å². The molecular weight excluding hydrogens is 336 g/mol. The monoisotopic (exact) mass is 350 g/mol. The van der Waals surface area contributed by atoms with Crippen LogP contribution in [0.2, 0.25) is 0 Å². The molecule has 0 unspecified atom stereocenters. The molecule has 5 heteroatoms. The molecule has 0 aromatic heterocycles. The maximum absolute atomic E-state index is 5.64. The number of thiocarbonyl (C=S) groups is 1. The molecule has 0 aliphatic carbocycles. The van der Waals surface area contributed by atoms with Crippen molar-refractivity contribution in [2.45, 2.75) is 6.61 Å². The second-order valence-corrected chi connectivity index (χ2v) is 5.61. The molecule has 2 rings (SSSR count). The lowest BCUT2D eigenvalue weighted by Crippen LogP contribution is -2.10. The van der Waals surface area contributed by atoms with Gasteiger partial charge >= 0.3 is 0 Å². The van der Waals surface area contributed by atoms with Crippen LogP contribution in [0.1, 0.15) is 11.1 Å². The van der Waals surface area contributed by atoms with Gasteiger partial charge in [-0.05, 0) is 51.8 Å². The summed E-state index contributed by atoms with van der Waals surface area (Å²) in [4.78, 5) is 0.380. The lowest BCUT2D eigenvalue weighted by atomic mass is 10.2. The van der Waals surface area contributed by atoms with Crippen LogP contribution >= 0.6 is 28.1 Å². The molecule has 3 nitrogen and oxygen atoms in total. The van der Waals surface area contributed by atoms with E-state index in [9.17, 15) is 0 Å². The molecule has 0 heterocycles. The quantitative estimate of drug-likeness (QED) is 0.800. The number of methoxy groups -OCH3 is 1. The molecule has 0 aliphatic heterocycles. The maximum Gasteiger partial charge on any atom is 0.105 e. The van der Waals surface area contributed by atoms with E-state index in [4.69, 9.17) is 22.7 Å². The van der Waals surface area contributed by atoms with E-state index in [1.165, 1.54) is 0 Å². The zero-order chi connectivity index (χ0) is 14.5. The average molecular weight is 351 g/mol. The number of nitrogens with one attached hydrogen (secondary N) is 1. The van der Waals surface area contributed by atoms with Gasteiger partial charge in [-0.3, -0.25) is 0 Å². The fourth-order valence-electron chi connectivity index (χ4n) is 1.86. The first-order valence-electron chi connectivity index (χ1n) is 6.04. The highest BCUT2D eigenvalue weighted by atomic mass is 79.9. The largest absolute Gasteiger partial charge is 0.389 e. The molecule has 20 heavy (non-hydrogen) atoms. The van der Waals surface area contributed by atoms with E-state index in [1.807, 2.05) is 36.4 Å². The summed E-state index contributed by atoms with van der Waals surface area (Å²) in [7, 11) is 1.69. The van der Waals surface area contributed by atoms with E-state index in [0.717, 1.165) is 27.0 Å². The fraction of sp³-hybridized carbons (Fsp3) is 0.133. The van der Waals surface area contributed by atoms with Crippen LogP contribution in [0.4, 0.5) is 11.4 Å². The van der Waals surface area contributed by atoms with Gasteiger partial charge in [-0.15, -0.1) is 0 Å². The van der Waals surface area contributed by atoms with Gasteiger partial charge < -0.3 is 15.8 Å². The van der Waals surface area contributed by atoms with E-state index in [2.05, 4.69) is 27.3 Å². The van der Waals surface area contributed by atoms with Crippen LogP contribution in [0.15, 0.2) is 46.9 Å². The first-order chi connectivity index (χ1) is 9.60. The van der Waals surface area contributed by atoms with Crippen LogP contribution in [-0.2, 0) is 11.3 Å². The van der Waals surface area contributed by atoms with Crippen molar-refractivity contribution in [1.82, 2.24) is 0 Å². The lowest BCUT2D eigenvalue weighted by molar-refractivity contribution is 0.185. The second-order valence-electron chi connectivity index (χ2n) is 4.32. The van der Waals surface area contributed by atoms with Crippen LogP contribution in [-0.4, -0.2) is 12.1 Å². The van der Waals surface area contributed by atoms with Crippen molar-refractivity contribution in [3.8, 4) is 0 Å². The summed E-state index contributed by atoms with van der Waals surface area (Å²) in [6, 6.07) is 13.9. The summed E-state index contributed by atoms with van der Waals surface area (Å²) >= 11 is 8.46.